The van der Waals surface area contributed by atoms with Gasteiger partial charge in [0.2, 0.25) is 0 Å². The first-order valence-electron chi connectivity index (χ1n) is 8.35. The van der Waals surface area contributed by atoms with E-state index in [1.54, 1.807) is 0 Å². The number of hydrogen-bond donors (Lipinski definition) is 0. The van der Waals surface area contributed by atoms with Gasteiger partial charge in [0, 0.05) is 58.0 Å². The van der Waals surface area contributed by atoms with Crippen molar-refractivity contribution in [1.82, 2.24) is 29.7 Å². The van der Waals surface area contributed by atoms with Crippen LogP contribution in [-0.2, 0) is 31.9 Å². The molecule has 1 aliphatic heterocycles. The Labute approximate surface area is 136 Å². The molecule has 124 valence electrons. The minimum atomic E-state index is 0.342. The van der Waals surface area contributed by atoms with Crippen LogP contribution in [0.4, 0.5) is 0 Å². The van der Waals surface area contributed by atoms with Crippen LogP contribution in [0.5, 0.6) is 0 Å². The van der Waals surface area contributed by atoms with Crippen molar-refractivity contribution >= 4 is 0 Å². The molecule has 0 spiro atoms. The van der Waals surface area contributed by atoms with Crippen LogP contribution in [0.15, 0.2) is 12.4 Å². The third-order valence-corrected chi connectivity index (χ3v) is 4.72. The molecule has 0 radical (unpaired) electrons. The van der Waals surface area contributed by atoms with Gasteiger partial charge in [-0.3, -0.25) is 14.3 Å². The van der Waals surface area contributed by atoms with E-state index in [9.17, 15) is 0 Å². The highest BCUT2D eigenvalue weighted by Crippen LogP contribution is 2.31. The van der Waals surface area contributed by atoms with Crippen LogP contribution >= 0.6 is 0 Å². The van der Waals surface area contributed by atoms with E-state index in [0.717, 1.165) is 44.5 Å². The molecule has 0 saturated heterocycles. The maximum atomic E-state index is 5.97. The lowest BCUT2D eigenvalue weighted by molar-refractivity contribution is 0.0866. The summed E-state index contributed by atoms with van der Waals surface area (Å²) in [5.41, 5.74) is 3.56. The normalized spacial score (nSPS) is 21.6. The van der Waals surface area contributed by atoms with Crippen LogP contribution < -0.4 is 0 Å². The summed E-state index contributed by atoms with van der Waals surface area (Å²) in [6, 6.07) is 0. The highest BCUT2D eigenvalue weighted by atomic mass is 16.5. The van der Waals surface area contributed by atoms with Gasteiger partial charge in [-0.1, -0.05) is 5.21 Å². The van der Waals surface area contributed by atoms with E-state index in [1.807, 2.05) is 29.7 Å². The quantitative estimate of drug-likeness (QED) is 0.798. The third-order valence-electron chi connectivity index (χ3n) is 4.72. The molecular formula is C16H24N6O. The zero-order valence-electron chi connectivity index (χ0n) is 13.9. The van der Waals surface area contributed by atoms with E-state index in [1.165, 1.54) is 24.1 Å². The smallest absolute Gasteiger partial charge is 0.100 e. The van der Waals surface area contributed by atoms with Crippen LogP contribution in [0, 0.1) is 5.92 Å². The molecule has 0 unspecified atom stereocenters. The zero-order chi connectivity index (χ0) is 15.8. The maximum absolute atomic E-state index is 5.97. The first-order valence-corrected chi connectivity index (χ1v) is 8.35. The van der Waals surface area contributed by atoms with Crippen LogP contribution in [0.3, 0.4) is 0 Å². The summed E-state index contributed by atoms with van der Waals surface area (Å²) in [6.07, 6.45) is 6.67. The number of hydrogen-bond acceptors (Lipinski definition) is 5. The van der Waals surface area contributed by atoms with Crippen LogP contribution in [0.2, 0.25) is 0 Å². The van der Waals surface area contributed by atoms with Gasteiger partial charge in [-0.15, -0.1) is 5.10 Å². The van der Waals surface area contributed by atoms with Crippen molar-refractivity contribution in [1.29, 1.82) is 0 Å². The fourth-order valence-electron chi connectivity index (χ4n) is 3.42. The summed E-state index contributed by atoms with van der Waals surface area (Å²) < 4.78 is 9.74. The molecule has 0 aromatic carbocycles. The lowest BCUT2D eigenvalue weighted by atomic mass is 9.98. The summed E-state index contributed by atoms with van der Waals surface area (Å²) in [7, 11) is 3.94. The van der Waals surface area contributed by atoms with Crippen LogP contribution in [0.25, 0.3) is 0 Å². The minimum absolute atomic E-state index is 0.342. The molecule has 1 atom stereocenters. The average Bonchev–Trinajstić information content (AvgIpc) is 3.15. The molecule has 2 aromatic rings. The van der Waals surface area contributed by atoms with Gasteiger partial charge in [-0.2, -0.15) is 5.10 Å². The van der Waals surface area contributed by atoms with Gasteiger partial charge in [0.15, 0.2) is 0 Å². The van der Waals surface area contributed by atoms with Crippen molar-refractivity contribution in [2.24, 2.45) is 20.0 Å². The largest absolute Gasteiger partial charge is 0.380 e. The van der Waals surface area contributed by atoms with Crippen molar-refractivity contribution in [2.75, 3.05) is 19.8 Å². The molecule has 0 bridgehead atoms. The number of aryl methyl sites for hydroxylation is 2. The number of rotatable bonds is 6. The summed E-state index contributed by atoms with van der Waals surface area (Å²) in [6.45, 7) is 4.38. The summed E-state index contributed by atoms with van der Waals surface area (Å²) in [5.74, 6) is 1.14. The lowest BCUT2D eigenvalue weighted by Gasteiger charge is -2.31. The van der Waals surface area contributed by atoms with E-state index in [4.69, 9.17) is 4.74 Å². The van der Waals surface area contributed by atoms with Crippen molar-refractivity contribution in [3.63, 3.8) is 0 Å². The maximum Gasteiger partial charge on any atom is 0.100 e. The fraction of sp³-hybridized carbons (Fsp3) is 0.688. The van der Waals surface area contributed by atoms with E-state index in [0.29, 0.717) is 5.92 Å². The van der Waals surface area contributed by atoms with Crippen molar-refractivity contribution in [3.05, 3.63) is 29.3 Å². The van der Waals surface area contributed by atoms with E-state index in [-0.39, 0.29) is 0 Å². The van der Waals surface area contributed by atoms with E-state index >= 15 is 0 Å². The molecule has 0 N–H and O–H groups in total. The Morgan fingerprint density at radius 1 is 1.26 bits per heavy atom. The monoisotopic (exact) mass is 316 g/mol. The molecule has 7 heteroatoms. The Morgan fingerprint density at radius 2 is 2.13 bits per heavy atom. The molecule has 2 aliphatic rings. The lowest BCUT2D eigenvalue weighted by Crippen LogP contribution is -2.36. The molecule has 0 amide bonds. The summed E-state index contributed by atoms with van der Waals surface area (Å²) >= 11 is 0. The van der Waals surface area contributed by atoms with E-state index in [2.05, 4.69) is 26.5 Å². The second kappa shape index (κ2) is 6.05. The standard InChI is InChI=1S/C16H24N6O/c1-20-6-13(5-17-20)7-22-8-14(11-23-10-12-3-4-12)16-15(9-22)18-19-21(16)2/h5-6,12,14H,3-4,7-11H2,1-2H3/t14-/m1/s1. The van der Waals surface area contributed by atoms with Crippen LogP contribution in [-0.4, -0.2) is 49.4 Å². The number of ether oxygens (including phenoxy) is 1. The average molecular weight is 316 g/mol. The fourth-order valence-corrected chi connectivity index (χ4v) is 3.42. The highest BCUT2D eigenvalue weighted by molar-refractivity contribution is 5.20. The van der Waals surface area contributed by atoms with Crippen molar-refractivity contribution < 1.29 is 4.74 Å². The van der Waals surface area contributed by atoms with Gasteiger partial charge in [0.05, 0.1) is 18.5 Å². The molecule has 3 heterocycles. The molecule has 1 fully saturated rings. The molecular weight excluding hydrogens is 292 g/mol. The SMILES string of the molecule is Cn1cc(CN2Cc3nnn(C)c3[C@@H](COCC3CC3)C2)cn1. The second-order valence-electron chi connectivity index (χ2n) is 6.91. The van der Waals surface area contributed by atoms with Gasteiger partial charge in [-0.25, -0.2) is 0 Å². The molecule has 7 nitrogen and oxygen atoms in total. The predicted molar refractivity (Wildman–Crippen MR) is 84.6 cm³/mol. The van der Waals surface area contributed by atoms with Gasteiger partial charge >= 0.3 is 0 Å². The summed E-state index contributed by atoms with van der Waals surface area (Å²) in [4.78, 5) is 2.42. The van der Waals surface area contributed by atoms with Gasteiger partial charge < -0.3 is 4.74 Å². The Balaban J connectivity index is 1.45. The molecule has 1 saturated carbocycles. The molecule has 1 aliphatic carbocycles. The Bertz CT molecular complexity index is 674. The number of aromatic nitrogens is 5. The van der Waals surface area contributed by atoms with Crippen LogP contribution in [0.1, 0.15) is 35.7 Å². The molecule has 4 rings (SSSR count). The number of nitrogens with zero attached hydrogens (tertiary/aromatic N) is 6. The zero-order valence-corrected chi connectivity index (χ0v) is 13.9. The third kappa shape index (κ3) is 3.30. The Morgan fingerprint density at radius 3 is 2.87 bits per heavy atom. The number of fused-ring (bicyclic) bond motifs is 1. The molecule has 23 heavy (non-hydrogen) atoms. The Hall–Kier alpha value is -1.73. The van der Waals surface area contributed by atoms with Crippen molar-refractivity contribution in [2.45, 2.75) is 31.8 Å². The van der Waals surface area contributed by atoms with Crippen molar-refractivity contribution in [3.8, 4) is 0 Å². The minimum Gasteiger partial charge on any atom is -0.380 e. The molecule has 2 aromatic heterocycles. The highest BCUT2D eigenvalue weighted by Gasteiger charge is 2.31. The predicted octanol–water partition coefficient (Wildman–Crippen LogP) is 1.07. The van der Waals surface area contributed by atoms with Gasteiger partial charge in [0.25, 0.3) is 0 Å². The van der Waals surface area contributed by atoms with E-state index < -0.39 is 0 Å². The summed E-state index contributed by atoms with van der Waals surface area (Å²) in [5, 5.41) is 12.8. The topological polar surface area (TPSA) is 61.0 Å². The Kier molecular flexibility index (Phi) is 3.90. The first kappa shape index (κ1) is 14.8. The van der Waals surface area contributed by atoms with Gasteiger partial charge in [-0.05, 0) is 18.8 Å². The second-order valence-corrected chi connectivity index (χ2v) is 6.91. The van der Waals surface area contributed by atoms with Gasteiger partial charge in [0.1, 0.15) is 5.69 Å². The first-order chi connectivity index (χ1) is 11.2.